The minimum absolute atomic E-state index is 0.00330. The monoisotopic (exact) mass is 271 g/mol. The van der Waals surface area contributed by atoms with Crippen molar-refractivity contribution in [1.29, 1.82) is 0 Å². The van der Waals surface area contributed by atoms with Crippen LogP contribution in [0.25, 0.3) is 0 Å². The van der Waals surface area contributed by atoms with Crippen LogP contribution >= 0.6 is 11.6 Å². The largest absolute Gasteiger partial charge is 0.486 e. The fourth-order valence-electron chi connectivity index (χ4n) is 1.86. The Hall–Kier alpha value is -0.800. The van der Waals surface area contributed by atoms with Gasteiger partial charge in [0.25, 0.3) is 0 Å². The van der Waals surface area contributed by atoms with E-state index in [0.717, 1.165) is 19.4 Å². The van der Waals surface area contributed by atoms with E-state index < -0.39 is 5.82 Å². The normalized spacial score (nSPS) is 16.6. The van der Waals surface area contributed by atoms with Gasteiger partial charge in [-0.2, -0.15) is 0 Å². The first-order chi connectivity index (χ1) is 8.70. The van der Waals surface area contributed by atoms with Crippen molar-refractivity contribution in [2.45, 2.75) is 44.8 Å². The third-order valence-corrected chi connectivity index (χ3v) is 3.32. The Morgan fingerprint density at radius 1 is 1.50 bits per heavy atom. The summed E-state index contributed by atoms with van der Waals surface area (Å²) in [5.41, 5.74) is 0. The molecule has 0 amide bonds. The molecule has 0 bridgehead atoms. The maximum Gasteiger partial charge on any atom is 0.183 e. The van der Waals surface area contributed by atoms with Crippen LogP contribution in [0.2, 0.25) is 5.02 Å². The molecule has 100 valence electrons. The van der Waals surface area contributed by atoms with E-state index in [9.17, 15) is 4.39 Å². The van der Waals surface area contributed by atoms with Crippen LogP contribution in [0.15, 0.2) is 18.2 Å². The Morgan fingerprint density at radius 2 is 2.28 bits per heavy atom. The summed E-state index contributed by atoms with van der Waals surface area (Å²) in [6, 6.07) is 5.50. The molecule has 1 unspecified atom stereocenters. The van der Waals surface area contributed by atoms with Crippen LogP contribution in [-0.4, -0.2) is 18.7 Å². The molecule has 0 aromatic heterocycles. The molecule has 2 nitrogen and oxygen atoms in total. The lowest BCUT2D eigenvalue weighted by atomic mass is 10.2. The molecule has 1 saturated carbocycles. The van der Waals surface area contributed by atoms with E-state index in [1.165, 1.54) is 18.9 Å². The van der Waals surface area contributed by atoms with E-state index in [0.29, 0.717) is 6.04 Å². The third-order valence-electron chi connectivity index (χ3n) is 3.03. The van der Waals surface area contributed by atoms with E-state index >= 15 is 0 Å². The molecule has 18 heavy (non-hydrogen) atoms. The first kappa shape index (κ1) is 13.6. The van der Waals surface area contributed by atoms with Crippen LogP contribution in [0, 0.1) is 5.82 Å². The predicted octanol–water partition coefficient (Wildman–Crippen LogP) is 3.78. The summed E-state index contributed by atoms with van der Waals surface area (Å²) < 4.78 is 19.5. The van der Waals surface area contributed by atoms with Gasteiger partial charge in [0, 0.05) is 12.6 Å². The number of benzene rings is 1. The van der Waals surface area contributed by atoms with Crippen molar-refractivity contribution in [2.75, 3.05) is 6.54 Å². The molecule has 0 saturated heterocycles. The van der Waals surface area contributed by atoms with Gasteiger partial charge in [-0.3, -0.25) is 0 Å². The zero-order valence-corrected chi connectivity index (χ0v) is 11.3. The molecule has 0 radical (unpaired) electrons. The molecular formula is C14H19ClFNO. The van der Waals surface area contributed by atoms with Crippen molar-refractivity contribution in [3.05, 3.63) is 29.0 Å². The van der Waals surface area contributed by atoms with E-state index in [2.05, 4.69) is 12.2 Å². The van der Waals surface area contributed by atoms with Crippen molar-refractivity contribution in [1.82, 2.24) is 5.32 Å². The van der Waals surface area contributed by atoms with Crippen LogP contribution < -0.4 is 10.1 Å². The lowest BCUT2D eigenvalue weighted by Gasteiger charge is -2.19. The summed E-state index contributed by atoms with van der Waals surface area (Å²) in [5.74, 6) is -0.217. The number of rotatable bonds is 7. The molecule has 0 spiro atoms. The van der Waals surface area contributed by atoms with Gasteiger partial charge in [0.05, 0.1) is 5.02 Å². The second kappa shape index (κ2) is 6.39. The molecule has 1 aliphatic carbocycles. The molecule has 1 atom stereocenters. The lowest BCUT2D eigenvalue weighted by Crippen LogP contribution is -2.32. The maximum absolute atomic E-state index is 13.7. The smallest absolute Gasteiger partial charge is 0.183 e. The van der Waals surface area contributed by atoms with Gasteiger partial charge in [-0.15, -0.1) is 0 Å². The Balaban J connectivity index is 1.95. The van der Waals surface area contributed by atoms with Gasteiger partial charge in [0.2, 0.25) is 0 Å². The molecule has 2 rings (SSSR count). The fourth-order valence-corrected chi connectivity index (χ4v) is 2.03. The first-order valence-electron chi connectivity index (χ1n) is 6.54. The maximum atomic E-state index is 13.7. The topological polar surface area (TPSA) is 21.3 Å². The van der Waals surface area contributed by atoms with Crippen molar-refractivity contribution in [3.8, 4) is 5.75 Å². The summed E-state index contributed by atoms with van der Waals surface area (Å²) in [7, 11) is 0. The summed E-state index contributed by atoms with van der Waals surface area (Å²) in [4.78, 5) is 0. The molecule has 1 N–H and O–H groups in total. The summed E-state index contributed by atoms with van der Waals surface area (Å²) in [5, 5.41) is 3.52. The van der Waals surface area contributed by atoms with Gasteiger partial charge in [-0.1, -0.05) is 31.0 Å². The number of halogens is 2. The van der Waals surface area contributed by atoms with Gasteiger partial charge >= 0.3 is 0 Å². The van der Waals surface area contributed by atoms with Gasteiger partial charge < -0.3 is 10.1 Å². The molecule has 1 aromatic carbocycles. The zero-order valence-electron chi connectivity index (χ0n) is 10.6. The highest BCUT2D eigenvalue weighted by Gasteiger charge is 2.22. The van der Waals surface area contributed by atoms with Crippen molar-refractivity contribution in [2.24, 2.45) is 0 Å². The van der Waals surface area contributed by atoms with E-state index in [1.807, 2.05) is 0 Å². The second-order valence-corrected chi connectivity index (χ2v) is 5.17. The molecule has 0 heterocycles. The molecule has 0 aliphatic heterocycles. The predicted molar refractivity (Wildman–Crippen MR) is 71.8 cm³/mol. The van der Waals surface area contributed by atoms with Gasteiger partial charge in [-0.25, -0.2) is 4.39 Å². The lowest BCUT2D eigenvalue weighted by molar-refractivity contribution is 0.178. The Bertz CT molecular complexity index is 395. The van der Waals surface area contributed by atoms with Crippen molar-refractivity contribution in [3.63, 3.8) is 0 Å². The third kappa shape index (κ3) is 3.85. The minimum atomic E-state index is -0.466. The van der Waals surface area contributed by atoms with Gasteiger partial charge in [0.15, 0.2) is 11.6 Å². The Kier molecular flexibility index (Phi) is 4.84. The van der Waals surface area contributed by atoms with E-state index in [1.54, 1.807) is 12.1 Å². The molecule has 1 fully saturated rings. The standard InChI is InChI=1S/C14H19ClFNO/c1-2-4-11(9-17-10-7-8-10)18-13-6-3-5-12(15)14(13)16/h3,5-6,10-11,17H,2,4,7-9H2,1H3. The quantitative estimate of drug-likeness (QED) is 0.815. The average Bonchev–Trinajstić information content (AvgIpc) is 3.16. The van der Waals surface area contributed by atoms with Crippen LogP contribution in [0.3, 0.4) is 0 Å². The average molecular weight is 272 g/mol. The SMILES string of the molecule is CCCC(CNC1CC1)Oc1cccc(Cl)c1F. The van der Waals surface area contributed by atoms with Crippen LogP contribution in [0.4, 0.5) is 4.39 Å². The van der Waals surface area contributed by atoms with E-state index in [-0.39, 0.29) is 16.9 Å². The zero-order chi connectivity index (χ0) is 13.0. The van der Waals surface area contributed by atoms with Crippen LogP contribution in [-0.2, 0) is 0 Å². The number of hydrogen-bond acceptors (Lipinski definition) is 2. The Labute approximate surface area is 112 Å². The molecule has 1 aromatic rings. The van der Waals surface area contributed by atoms with Crippen LogP contribution in [0.1, 0.15) is 32.6 Å². The van der Waals surface area contributed by atoms with Crippen molar-refractivity contribution >= 4 is 11.6 Å². The Morgan fingerprint density at radius 3 is 2.94 bits per heavy atom. The van der Waals surface area contributed by atoms with Gasteiger partial charge in [-0.05, 0) is 31.4 Å². The molecular weight excluding hydrogens is 253 g/mol. The van der Waals surface area contributed by atoms with Crippen molar-refractivity contribution < 1.29 is 9.13 Å². The summed E-state index contributed by atoms with van der Waals surface area (Å²) in [6.45, 7) is 2.87. The summed E-state index contributed by atoms with van der Waals surface area (Å²) in [6.07, 6.45) is 4.41. The number of nitrogens with one attached hydrogen (secondary N) is 1. The van der Waals surface area contributed by atoms with Crippen LogP contribution in [0.5, 0.6) is 5.75 Å². The first-order valence-corrected chi connectivity index (χ1v) is 6.92. The minimum Gasteiger partial charge on any atom is -0.486 e. The summed E-state index contributed by atoms with van der Waals surface area (Å²) >= 11 is 5.74. The highest BCUT2D eigenvalue weighted by Crippen LogP contribution is 2.26. The van der Waals surface area contributed by atoms with E-state index in [4.69, 9.17) is 16.3 Å². The highest BCUT2D eigenvalue weighted by atomic mass is 35.5. The molecule has 1 aliphatic rings. The highest BCUT2D eigenvalue weighted by molar-refractivity contribution is 6.30. The fraction of sp³-hybridized carbons (Fsp3) is 0.571. The number of ether oxygens (including phenoxy) is 1. The van der Waals surface area contributed by atoms with Gasteiger partial charge in [0.1, 0.15) is 6.10 Å². The number of hydrogen-bond donors (Lipinski definition) is 1. The molecule has 4 heteroatoms. The second-order valence-electron chi connectivity index (χ2n) is 4.76.